The molecule has 4 aliphatic rings. The first-order valence-corrected chi connectivity index (χ1v) is 22.3. The zero-order chi connectivity index (χ0) is 41.8. The van der Waals surface area contributed by atoms with Gasteiger partial charge in [0.25, 0.3) is 0 Å². The van der Waals surface area contributed by atoms with Crippen molar-refractivity contribution < 1.29 is 4.42 Å². The highest BCUT2D eigenvalue weighted by molar-refractivity contribution is 6.93. The Hall–Kier alpha value is -6.78. The van der Waals surface area contributed by atoms with Crippen LogP contribution in [0, 0.1) is 0 Å². The standard InChI is InChI=1S/C58H45BN2O/c1-56(2,3)32-20-22-33(23-21-32)61-48-31-51-41(35-15-10-13-19-50(35)62-51)28-40(48)36-24-25-38-53-47(27-26-44-52(53)37-16-9-12-18-43(37)57(44,4)5)60-49-29-39-34-14-8-11-17-42(34)58(6,7)45(39)30-46(49)59(61)54(36)55(38)60/h8-31H,1-7H3. The first-order valence-electron chi connectivity index (χ1n) is 22.3. The SMILES string of the molecule is CC(C)(C)c1ccc(N2B3c4cc5c(cc4-n4c6ccc7c(c6c6ccc(c3c64)-c3cc4c(cc32)oc2ccccc24)-c2ccccc2C7(C)C)-c2ccccc2C5(C)C)cc1. The number of nitrogens with zero attached hydrogens (tertiary/aromatic N) is 2. The van der Waals surface area contributed by atoms with Crippen LogP contribution < -0.4 is 15.7 Å². The second-order valence-corrected chi connectivity index (χ2v) is 20.5. The number of furan rings is 1. The van der Waals surface area contributed by atoms with E-state index < -0.39 is 0 Å². The Morgan fingerprint density at radius 2 is 1.23 bits per heavy atom. The Morgan fingerprint density at radius 1 is 0.516 bits per heavy atom. The molecule has 62 heavy (non-hydrogen) atoms. The van der Waals surface area contributed by atoms with Gasteiger partial charge in [0.2, 0.25) is 0 Å². The van der Waals surface area contributed by atoms with Crippen LogP contribution in [0.25, 0.3) is 82.8 Å². The van der Waals surface area contributed by atoms with Crippen molar-refractivity contribution in [2.24, 2.45) is 0 Å². The molecule has 0 fully saturated rings. The fraction of sp³-hybridized carbons (Fsp3) is 0.172. The van der Waals surface area contributed by atoms with Crippen LogP contribution in [0.2, 0.25) is 0 Å². The third kappa shape index (κ3) is 4.10. The number of aromatic nitrogens is 1. The molecule has 2 aliphatic carbocycles. The molecule has 0 saturated carbocycles. The molecule has 0 bridgehead atoms. The summed E-state index contributed by atoms with van der Waals surface area (Å²) in [7, 11) is 0. The van der Waals surface area contributed by atoms with Crippen molar-refractivity contribution in [3.05, 3.63) is 173 Å². The van der Waals surface area contributed by atoms with Crippen LogP contribution >= 0.6 is 0 Å². The maximum Gasteiger partial charge on any atom is 0.333 e. The third-order valence-corrected chi connectivity index (χ3v) is 15.5. The van der Waals surface area contributed by atoms with Crippen molar-refractivity contribution in [1.82, 2.24) is 4.57 Å². The first kappa shape index (κ1) is 34.9. The number of hydrogen-bond donors (Lipinski definition) is 0. The highest BCUT2D eigenvalue weighted by Gasteiger charge is 2.47. The van der Waals surface area contributed by atoms with Gasteiger partial charge in [0, 0.05) is 61.1 Å². The summed E-state index contributed by atoms with van der Waals surface area (Å²) in [6, 6.07) is 55.8. The summed E-state index contributed by atoms with van der Waals surface area (Å²) >= 11 is 0. The Morgan fingerprint density at radius 3 is 2.02 bits per heavy atom. The predicted octanol–water partition coefficient (Wildman–Crippen LogP) is 13.8. The molecular weight excluding hydrogens is 751 g/mol. The lowest BCUT2D eigenvalue weighted by molar-refractivity contribution is 0.590. The van der Waals surface area contributed by atoms with Gasteiger partial charge in [0.15, 0.2) is 0 Å². The molecule has 0 radical (unpaired) electrons. The average Bonchev–Trinajstić information content (AvgIpc) is 3.95. The van der Waals surface area contributed by atoms with Gasteiger partial charge in [0.05, 0.1) is 11.0 Å². The van der Waals surface area contributed by atoms with Gasteiger partial charge in [-0.15, -0.1) is 0 Å². The van der Waals surface area contributed by atoms with Crippen LogP contribution in [0.15, 0.2) is 150 Å². The molecule has 4 heteroatoms. The highest BCUT2D eigenvalue weighted by atomic mass is 16.3. The van der Waals surface area contributed by atoms with Crippen molar-refractivity contribution in [2.45, 2.75) is 64.7 Å². The molecule has 4 heterocycles. The van der Waals surface area contributed by atoms with Crippen molar-refractivity contribution in [2.75, 3.05) is 4.81 Å². The molecule has 8 aromatic carbocycles. The van der Waals surface area contributed by atoms with Crippen LogP contribution in [0.3, 0.4) is 0 Å². The van der Waals surface area contributed by atoms with E-state index in [0.29, 0.717) is 0 Å². The Kier molecular flexibility index (Phi) is 6.29. The van der Waals surface area contributed by atoms with Gasteiger partial charge in [-0.1, -0.05) is 152 Å². The van der Waals surface area contributed by atoms with Crippen LogP contribution in [0.5, 0.6) is 0 Å². The molecule has 0 spiro atoms. The topological polar surface area (TPSA) is 21.3 Å². The molecule has 296 valence electrons. The second kappa shape index (κ2) is 11.2. The smallest absolute Gasteiger partial charge is 0.333 e. The minimum Gasteiger partial charge on any atom is -0.456 e. The summed E-state index contributed by atoms with van der Waals surface area (Å²) in [5.74, 6) is 0. The summed E-state index contributed by atoms with van der Waals surface area (Å²) in [5.41, 5.74) is 25.4. The van der Waals surface area contributed by atoms with Crippen LogP contribution in [0.1, 0.15) is 76.3 Å². The van der Waals surface area contributed by atoms with E-state index in [1.165, 1.54) is 111 Å². The Bertz CT molecular complexity index is 3680. The lowest BCUT2D eigenvalue weighted by atomic mass is 9.43. The zero-order valence-electron chi connectivity index (χ0n) is 36.2. The Labute approximate surface area is 362 Å². The van der Waals surface area contributed by atoms with Crippen molar-refractivity contribution in [3.8, 4) is 39.1 Å². The molecule has 2 aromatic heterocycles. The molecule has 0 unspecified atom stereocenters. The highest BCUT2D eigenvalue weighted by Crippen LogP contribution is 2.56. The number of anilines is 2. The van der Waals surface area contributed by atoms with Gasteiger partial charge in [-0.2, -0.15) is 0 Å². The quantitative estimate of drug-likeness (QED) is 0.154. The summed E-state index contributed by atoms with van der Waals surface area (Å²) in [4.78, 5) is 2.65. The number of fused-ring (bicyclic) bond motifs is 18. The zero-order valence-corrected chi connectivity index (χ0v) is 36.2. The molecule has 0 atom stereocenters. The average molecular weight is 797 g/mol. The predicted molar refractivity (Wildman–Crippen MR) is 261 cm³/mol. The summed E-state index contributed by atoms with van der Waals surface area (Å²) in [6.45, 7) is 16.4. The van der Waals surface area contributed by atoms with Gasteiger partial charge >= 0.3 is 6.85 Å². The van der Waals surface area contributed by atoms with E-state index >= 15 is 0 Å². The van der Waals surface area contributed by atoms with Crippen molar-refractivity contribution in [1.29, 1.82) is 0 Å². The monoisotopic (exact) mass is 796 g/mol. The second-order valence-electron chi connectivity index (χ2n) is 20.5. The number of rotatable bonds is 1. The van der Waals surface area contributed by atoms with E-state index in [1.54, 1.807) is 0 Å². The molecular formula is C58H45BN2O. The van der Waals surface area contributed by atoms with E-state index in [4.69, 9.17) is 4.42 Å². The fourth-order valence-electron chi connectivity index (χ4n) is 12.5. The van der Waals surface area contributed by atoms with Gasteiger partial charge in [-0.05, 0) is 108 Å². The van der Waals surface area contributed by atoms with Gasteiger partial charge in [-0.3, -0.25) is 0 Å². The van der Waals surface area contributed by atoms with E-state index in [0.717, 1.165) is 21.9 Å². The van der Waals surface area contributed by atoms with E-state index in [1.807, 2.05) is 0 Å². The maximum absolute atomic E-state index is 6.70. The van der Waals surface area contributed by atoms with E-state index in [9.17, 15) is 0 Å². The first-order chi connectivity index (χ1) is 29.9. The molecule has 3 nitrogen and oxygen atoms in total. The molecule has 0 saturated heterocycles. The summed E-state index contributed by atoms with van der Waals surface area (Å²) < 4.78 is 9.36. The van der Waals surface area contributed by atoms with Crippen LogP contribution in [-0.4, -0.2) is 11.4 Å². The largest absolute Gasteiger partial charge is 0.456 e. The lowest BCUT2D eigenvalue weighted by Gasteiger charge is -2.42. The lowest BCUT2D eigenvalue weighted by Crippen LogP contribution is -2.60. The molecule has 10 aromatic rings. The molecule has 2 aliphatic heterocycles. The van der Waals surface area contributed by atoms with Crippen LogP contribution in [-0.2, 0) is 16.2 Å². The van der Waals surface area contributed by atoms with E-state index in [-0.39, 0.29) is 23.1 Å². The van der Waals surface area contributed by atoms with E-state index in [2.05, 4.69) is 203 Å². The molecule has 0 amide bonds. The summed E-state index contributed by atoms with van der Waals surface area (Å²) in [5, 5.41) is 4.98. The number of hydrogen-bond acceptors (Lipinski definition) is 2. The van der Waals surface area contributed by atoms with Crippen molar-refractivity contribution >= 4 is 72.9 Å². The van der Waals surface area contributed by atoms with Crippen LogP contribution in [0.4, 0.5) is 11.4 Å². The van der Waals surface area contributed by atoms with Gasteiger partial charge in [0.1, 0.15) is 11.2 Å². The van der Waals surface area contributed by atoms with Gasteiger partial charge < -0.3 is 13.8 Å². The summed E-state index contributed by atoms with van der Waals surface area (Å²) in [6.07, 6.45) is 0. The normalized spacial score (nSPS) is 15.9. The number of para-hydroxylation sites is 1. The van der Waals surface area contributed by atoms with Gasteiger partial charge in [-0.25, -0.2) is 0 Å². The maximum atomic E-state index is 6.70. The minimum absolute atomic E-state index is 0.0322. The number of benzene rings is 8. The van der Waals surface area contributed by atoms with Crippen molar-refractivity contribution in [3.63, 3.8) is 0 Å². The minimum atomic E-state index is -0.156. The molecule has 0 N–H and O–H groups in total. The Balaban J connectivity index is 1.17. The molecule has 14 rings (SSSR count). The fourth-order valence-corrected chi connectivity index (χ4v) is 12.5. The third-order valence-electron chi connectivity index (χ3n) is 15.5.